The molecule has 0 fully saturated rings. The van der Waals surface area contributed by atoms with E-state index in [9.17, 15) is 13.6 Å². The van der Waals surface area contributed by atoms with Gasteiger partial charge >= 0.3 is 0 Å². The fourth-order valence-electron chi connectivity index (χ4n) is 4.03. The summed E-state index contributed by atoms with van der Waals surface area (Å²) < 4.78 is 27.2. The van der Waals surface area contributed by atoms with Gasteiger partial charge in [0.15, 0.2) is 20.5 Å². The monoisotopic (exact) mass is 525 g/mol. The molecule has 5 heteroatoms. The molecular weight excluding hydrogens is 502 g/mol. The van der Waals surface area contributed by atoms with Crippen LogP contribution in [-0.2, 0) is 10.9 Å². The Kier molecular flexibility index (Phi) is 7.54. The van der Waals surface area contributed by atoms with E-state index in [4.69, 9.17) is 0 Å². The number of rotatable bonds is 7. The van der Waals surface area contributed by atoms with Crippen molar-refractivity contribution >= 4 is 28.4 Å². The molecule has 0 bridgehead atoms. The maximum atomic E-state index is 13.6. The van der Waals surface area contributed by atoms with E-state index in [1.165, 1.54) is 24.3 Å². The number of carbonyl (C=O) groups excluding carboxylic acids is 1. The highest BCUT2D eigenvalue weighted by Gasteiger charge is 2.28. The summed E-state index contributed by atoms with van der Waals surface area (Å²) >= 11 is 1.63. The van der Waals surface area contributed by atoms with Crippen LogP contribution in [0.1, 0.15) is 21.5 Å². The van der Waals surface area contributed by atoms with Crippen LogP contribution < -0.4 is 0 Å². The van der Waals surface area contributed by atoms with Crippen LogP contribution in [0.15, 0.2) is 146 Å². The summed E-state index contributed by atoms with van der Waals surface area (Å²) in [5, 5.41) is 0. The summed E-state index contributed by atoms with van der Waals surface area (Å²) in [6, 6.07) is 36.4. The Hall–Kier alpha value is -3.67. The minimum Gasteiger partial charge on any atom is -0.289 e. The summed E-state index contributed by atoms with van der Waals surface area (Å²) in [4.78, 5) is 18.0. The van der Waals surface area contributed by atoms with E-state index in [0.29, 0.717) is 11.1 Å². The third-order valence-corrected chi connectivity index (χ3v) is 9.10. The fourth-order valence-corrected chi connectivity index (χ4v) is 6.99. The molecule has 5 aromatic carbocycles. The minimum atomic E-state index is -0.496. The average molecular weight is 526 g/mol. The summed E-state index contributed by atoms with van der Waals surface area (Å²) in [5.41, 5.74) is 2.32. The van der Waals surface area contributed by atoms with Gasteiger partial charge in [0, 0.05) is 20.9 Å². The standard InChI is InChI=1S/C32H23F2OS2/c1-22-21-27(13-20-31(22)32(35)23-5-3-2-4-6-23)36-26-11-18-30(19-12-26)37(28-14-7-24(33)8-15-28)29-16-9-25(34)10-17-29/h2-21H,1H3/q+1. The molecule has 5 rings (SSSR count). The molecule has 0 saturated carbocycles. The molecule has 182 valence electrons. The Morgan fingerprint density at radius 1 is 0.622 bits per heavy atom. The Labute approximate surface area is 222 Å². The first-order chi connectivity index (χ1) is 18.0. The molecule has 0 N–H and O–H groups in total. The SMILES string of the molecule is Cc1cc(Sc2ccc([S+](c3ccc(F)cc3)c3ccc(F)cc3)cc2)ccc1C(=O)c1ccccc1. The molecule has 1 nitrogen and oxygen atoms in total. The summed E-state index contributed by atoms with van der Waals surface area (Å²) in [6.07, 6.45) is 0. The van der Waals surface area contributed by atoms with Gasteiger partial charge in [0.05, 0.1) is 10.9 Å². The Morgan fingerprint density at radius 2 is 1.11 bits per heavy atom. The molecule has 0 aromatic heterocycles. The lowest BCUT2D eigenvalue weighted by Crippen LogP contribution is -2.05. The predicted octanol–water partition coefficient (Wildman–Crippen LogP) is 8.75. The normalized spacial score (nSPS) is 11.0. The van der Waals surface area contributed by atoms with E-state index in [0.717, 1.165) is 30.0 Å². The number of halogens is 2. The van der Waals surface area contributed by atoms with Crippen molar-refractivity contribution < 1.29 is 13.6 Å². The fraction of sp³-hybridized carbons (Fsp3) is 0.0312. The van der Waals surface area contributed by atoms with Crippen molar-refractivity contribution in [2.45, 2.75) is 31.4 Å². The van der Waals surface area contributed by atoms with Crippen LogP contribution >= 0.6 is 11.8 Å². The van der Waals surface area contributed by atoms with Gasteiger partial charge in [-0.2, -0.15) is 0 Å². The molecule has 0 aliphatic heterocycles. The first kappa shape index (κ1) is 25.0. The second-order valence-corrected chi connectivity index (χ2v) is 11.6. The molecule has 0 atom stereocenters. The second kappa shape index (κ2) is 11.2. The van der Waals surface area contributed by atoms with Crippen molar-refractivity contribution in [1.29, 1.82) is 0 Å². The van der Waals surface area contributed by atoms with Crippen molar-refractivity contribution in [1.82, 2.24) is 0 Å². The van der Waals surface area contributed by atoms with Gasteiger partial charge in [-0.25, -0.2) is 8.78 Å². The third kappa shape index (κ3) is 5.85. The van der Waals surface area contributed by atoms with Crippen molar-refractivity contribution in [3.05, 3.63) is 150 Å². The maximum absolute atomic E-state index is 13.6. The van der Waals surface area contributed by atoms with Crippen molar-refractivity contribution in [2.75, 3.05) is 0 Å². The zero-order chi connectivity index (χ0) is 25.8. The number of hydrogen-bond acceptors (Lipinski definition) is 2. The topological polar surface area (TPSA) is 17.1 Å². The van der Waals surface area contributed by atoms with Crippen LogP contribution in [-0.4, -0.2) is 5.78 Å². The molecule has 0 aliphatic carbocycles. The molecular formula is C32H23F2OS2+. The van der Waals surface area contributed by atoms with Crippen LogP contribution in [0.5, 0.6) is 0 Å². The van der Waals surface area contributed by atoms with Gasteiger partial charge in [0.2, 0.25) is 0 Å². The predicted molar refractivity (Wildman–Crippen MR) is 147 cm³/mol. The van der Waals surface area contributed by atoms with Gasteiger partial charge < -0.3 is 0 Å². The van der Waals surface area contributed by atoms with Gasteiger partial charge in [-0.1, -0.05) is 42.1 Å². The molecule has 0 aliphatic rings. The minimum absolute atomic E-state index is 0.0209. The average Bonchev–Trinajstić information content (AvgIpc) is 2.92. The van der Waals surface area contributed by atoms with E-state index in [-0.39, 0.29) is 17.4 Å². The summed E-state index contributed by atoms with van der Waals surface area (Å²) in [5.74, 6) is -0.553. The number of aryl methyl sites for hydroxylation is 1. The first-order valence-corrected chi connectivity index (χ1v) is 13.8. The molecule has 0 saturated heterocycles. The van der Waals surface area contributed by atoms with E-state index < -0.39 is 10.9 Å². The Morgan fingerprint density at radius 3 is 1.62 bits per heavy atom. The molecule has 0 heterocycles. The van der Waals surface area contributed by atoms with Crippen LogP contribution in [0, 0.1) is 18.6 Å². The quantitative estimate of drug-likeness (QED) is 0.156. The second-order valence-electron chi connectivity index (χ2n) is 8.46. The van der Waals surface area contributed by atoms with Crippen LogP contribution in [0.3, 0.4) is 0 Å². The highest BCUT2D eigenvalue weighted by molar-refractivity contribution is 7.99. The first-order valence-electron chi connectivity index (χ1n) is 11.7. The van der Waals surface area contributed by atoms with E-state index >= 15 is 0 Å². The van der Waals surface area contributed by atoms with Gasteiger partial charge in [-0.15, -0.1) is 0 Å². The molecule has 0 radical (unpaired) electrons. The number of ketones is 1. The van der Waals surface area contributed by atoms with E-state index in [2.05, 4.69) is 24.3 Å². The molecule has 5 aromatic rings. The van der Waals surface area contributed by atoms with E-state index in [1.807, 2.05) is 55.5 Å². The van der Waals surface area contributed by atoms with Crippen molar-refractivity contribution in [2.24, 2.45) is 0 Å². The smallest absolute Gasteiger partial charge is 0.193 e. The molecule has 37 heavy (non-hydrogen) atoms. The number of benzene rings is 5. The van der Waals surface area contributed by atoms with Gasteiger partial charge in [0.1, 0.15) is 11.6 Å². The summed E-state index contributed by atoms with van der Waals surface area (Å²) in [7, 11) is -0.496. The molecule has 0 amide bonds. The van der Waals surface area contributed by atoms with Crippen LogP contribution in [0.2, 0.25) is 0 Å². The van der Waals surface area contributed by atoms with Crippen LogP contribution in [0.25, 0.3) is 0 Å². The zero-order valence-corrected chi connectivity index (χ0v) is 21.7. The van der Waals surface area contributed by atoms with E-state index in [1.54, 1.807) is 36.0 Å². The largest absolute Gasteiger partial charge is 0.289 e. The van der Waals surface area contributed by atoms with Crippen LogP contribution in [0.4, 0.5) is 8.78 Å². The lowest BCUT2D eigenvalue weighted by molar-refractivity contribution is 0.103. The Balaban J connectivity index is 1.38. The molecule has 0 unspecified atom stereocenters. The summed E-state index contributed by atoms with van der Waals surface area (Å²) in [6.45, 7) is 1.96. The third-order valence-electron chi connectivity index (χ3n) is 5.87. The number of hydrogen-bond donors (Lipinski definition) is 0. The maximum Gasteiger partial charge on any atom is 0.193 e. The van der Waals surface area contributed by atoms with Crippen molar-refractivity contribution in [3.8, 4) is 0 Å². The zero-order valence-electron chi connectivity index (χ0n) is 20.0. The number of carbonyl (C=O) groups is 1. The van der Waals surface area contributed by atoms with Crippen molar-refractivity contribution in [3.63, 3.8) is 0 Å². The van der Waals surface area contributed by atoms with Gasteiger partial charge in [0.25, 0.3) is 0 Å². The van der Waals surface area contributed by atoms with Gasteiger partial charge in [-0.3, -0.25) is 4.79 Å². The molecule has 0 spiro atoms. The van der Waals surface area contributed by atoms with Gasteiger partial charge in [-0.05, 0) is 103 Å². The highest BCUT2D eigenvalue weighted by Crippen LogP contribution is 2.35. The highest BCUT2D eigenvalue weighted by atomic mass is 32.2. The Bertz CT molecular complexity index is 1470. The lowest BCUT2D eigenvalue weighted by atomic mass is 9.99. The lowest BCUT2D eigenvalue weighted by Gasteiger charge is -2.10.